The second kappa shape index (κ2) is 7.55. The minimum Gasteiger partial charge on any atom is -0.481 e. The number of aliphatic carboxylic acids is 1. The van der Waals surface area contributed by atoms with Crippen molar-refractivity contribution in [2.75, 3.05) is 13.1 Å². The van der Waals surface area contributed by atoms with Gasteiger partial charge in [-0.2, -0.15) is 13.2 Å². The minimum absolute atomic E-state index is 0.0723. The lowest BCUT2D eigenvalue weighted by molar-refractivity contribution is -0.153. The van der Waals surface area contributed by atoms with Crippen LogP contribution in [-0.4, -0.2) is 47.3 Å². The number of nitrogens with zero attached hydrogens (tertiary/aromatic N) is 1. The summed E-state index contributed by atoms with van der Waals surface area (Å²) in [5.74, 6) is -1.77. The monoisotopic (exact) mass is 344 g/mol. The summed E-state index contributed by atoms with van der Waals surface area (Å²) < 4.78 is 39.6. The van der Waals surface area contributed by atoms with Crippen LogP contribution >= 0.6 is 0 Å². The highest BCUT2D eigenvalue weighted by Crippen LogP contribution is 2.24. The van der Waals surface area contributed by atoms with E-state index < -0.39 is 30.1 Å². The Bertz CT molecular complexity index is 578. The molecule has 8 heteroatoms. The zero-order chi connectivity index (χ0) is 17.7. The molecule has 2 unspecified atom stereocenters. The fourth-order valence-corrected chi connectivity index (χ4v) is 2.70. The molecule has 1 aliphatic rings. The second-order valence-corrected chi connectivity index (χ2v) is 5.86. The standard InChI is InChI=1S/C16H19F3N2O3/c17-16(18,19)13(9-11-5-2-1-3-6-11)20-15(24)21-8-4-7-12(10-21)14(22)23/h1-3,5-6,12-13H,4,7-10H2,(H,20,24)(H,22,23). The first kappa shape index (κ1) is 18.1. The van der Waals surface area contributed by atoms with Crippen LogP contribution in [0.1, 0.15) is 18.4 Å². The van der Waals surface area contributed by atoms with Gasteiger partial charge in [0.05, 0.1) is 5.92 Å². The van der Waals surface area contributed by atoms with Gasteiger partial charge in [-0.05, 0) is 18.4 Å². The molecular formula is C16H19F3N2O3. The van der Waals surface area contributed by atoms with Gasteiger partial charge in [0, 0.05) is 19.5 Å². The van der Waals surface area contributed by atoms with Crippen LogP contribution in [0.4, 0.5) is 18.0 Å². The van der Waals surface area contributed by atoms with Gasteiger partial charge in [-0.25, -0.2) is 4.79 Å². The number of hydrogen-bond donors (Lipinski definition) is 2. The molecule has 0 radical (unpaired) electrons. The van der Waals surface area contributed by atoms with Crippen molar-refractivity contribution < 1.29 is 27.9 Å². The Morgan fingerprint density at radius 1 is 1.29 bits per heavy atom. The number of carboxylic acids is 1. The first-order chi connectivity index (χ1) is 11.3. The molecule has 2 amide bonds. The predicted octanol–water partition coefficient (Wildman–Crippen LogP) is 2.67. The number of halogens is 3. The third-order valence-corrected chi connectivity index (χ3v) is 4.03. The van der Waals surface area contributed by atoms with Crippen LogP contribution in [0.25, 0.3) is 0 Å². The maximum atomic E-state index is 13.2. The molecule has 2 rings (SSSR count). The number of alkyl halides is 3. The molecule has 1 aromatic carbocycles. The lowest BCUT2D eigenvalue weighted by Crippen LogP contribution is -2.54. The Balaban J connectivity index is 2.03. The van der Waals surface area contributed by atoms with Gasteiger partial charge in [-0.3, -0.25) is 4.79 Å². The highest BCUT2D eigenvalue weighted by molar-refractivity contribution is 5.77. The average Bonchev–Trinajstić information content (AvgIpc) is 2.54. The van der Waals surface area contributed by atoms with Gasteiger partial charge in [-0.1, -0.05) is 30.3 Å². The normalized spacial score (nSPS) is 19.6. The molecular weight excluding hydrogens is 325 g/mol. The molecule has 5 nitrogen and oxygen atoms in total. The second-order valence-electron chi connectivity index (χ2n) is 5.86. The number of carboxylic acid groups (broad SMARTS) is 1. The first-order valence-electron chi connectivity index (χ1n) is 7.66. The third-order valence-electron chi connectivity index (χ3n) is 4.03. The highest BCUT2D eigenvalue weighted by Gasteiger charge is 2.41. The number of hydrogen-bond acceptors (Lipinski definition) is 2. The molecule has 1 fully saturated rings. The van der Waals surface area contributed by atoms with Crippen molar-refractivity contribution in [1.82, 2.24) is 10.2 Å². The van der Waals surface area contributed by atoms with Crippen molar-refractivity contribution in [3.63, 3.8) is 0 Å². The molecule has 132 valence electrons. The van der Waals surface area contributed by atoms with Crippen LogP contribution in [0, 0.1) is 5.92 Å². The lowest BCUT2D eigenvalue weighted by atomic mass is 9.98. The molecule has 0 bridgehead atoms. The smallest absolute Gasteiger partial charge is 0.408 e. The van der Waals surface area contributed by atoms with Crippen LogP contribution in [0.15, 0.2) is 30.3 Å². The predicted molar refractivity (Wildman–Crippen MR) is 80.5 cm³/mol. The van der Waals surface area contributed by atoms with Crippen molar-refractivity contribution >= 4 is 12.0 Å². The SMILES string of the molecule is O=C(O)C1CCCN(C(=O)NC(Cc2ccccc2)C(F)(F)F)C1. The van der Waals surface area contributed by atoms with Gasteiger partial charge < -0.3 is 15.3 Å². The summed E-state index contributed by atoms with van der Waals surface area (Å²) in [6.45, 7) is 0.183. The molecule has 0 spiro atoms. The Morgan fingerprint density at radius 2 is 1.96 bits per heavy atom. The number of rotatable bonds is 4. The highest BCUT2D eigenvalue weighted by atomic mass is 19.4. The third kappa shape index (κ3) is 4.87. The number of likely N-dealkylation sites (tertiary alicyclic amines) is 1. The number of amides is 2. The van der Waals surface area contributed by atoms with Crippen LogP contribution < -0.4 is 5.32 Å². The quantitative estimate of drug-likeness (QED) is 0.882. The zero-order valence-corrected chi connectivity index (χ0v) is 12.9. The Hall–Kier alpha value is -2.25. The van der Waals surface area contributed by atoms with Crippen LogP contribution in [0.5, 0.6) is 0 Å². The molecule has 24 heavy (non-hydrogen) atoms. The topological polar surface area (TPSA) is 69.6 Å². The summed E-state index contributed by atoms with van der Waals surface area (Å²) in [6, 6.07) is 5.19. The molecule has 0 aliphatic carbocycles. The number of carbonyl (C=O) groups is 2. The van der Waals surface area contributed by atoms with E-state index in [4.69, 9.17) is 5.11 Å². The van der Waals surface area contributed by atoms with E-state index in [-0.39, 0.29) is 19.5 Å². The van der Waals surface area contributed by atoms with Crippen molar-refractivity contribution in [2.45, 2.75) is 31.5 Å². The van der Waals surface area contributed by atoms with E-state index in [1.165, 1.54) is 0 Å². The zero-order valence-electron chi connectivity index (χ0n) is 12.9. The van der Waals surface area contributed by atoms with Crippen molar-refractivity contribution in [2.24, 2.45) is 5.92 Å². The molecule has 1 saturated heterocycles. The molecule has 1 aliphatic heterocycles. The number of carbonyl (C=O) groups excluding carboxylic acids is 1. The molecule has 1 aromatic rings. The van der Waals surface area contributed by atoms with E-state index in [1.54, 1.807) is 30.3 Å². The molecule has 2 atom stereocenters. The van der Waals surface area contributed by atoms with Crippen molar-refractivity contribution in [3.8, 4) is 0 Å². The van der Waals surface area contributed by atoms with Gasteiger partial charge in [0.15, 0.2) is 0 Å². The molecule has 2 N–H and O–H groups in total. The lowest BCUT2D eigenvalue weighted by Gasteiger charge is -2.32. The number of nitrogens with one attached hydrogen (secondary N) is 1. The summed E-state index contributed by atoms with van der Waals surface area (Å²) in [6.07, 6.45) is -4.08. The van der Waals surface area contributed by atoms with Crippen LogP contribution in [0.2, 0.25) is 0 Å². The maximum Gasteiger partial charge on any atom is 0.408 e. The Morgan fingerprint density at radius 3 is 2.54 bits per heavy atom. The fourth-order valence-electron chi connectivity index (χ4n) is 2.70. The first-order valence-corrected chi connectivity index (χ1v) is 7.66. The van der Waals surface area contributed by atoms with E-state index in [0.717, 1.165) is 4.90 Å². The van der Waals surface area contributed by atoms with Gasteiger partial charge in [0.2, 0.25) is 0 Å². The minimum atomic E-state index is -4.59. The van der Waals surface area contributed by atoms with Gasteiger partial charge in [0.1, 0.15) is 6.04 Å². The summed E-state index contributed by atoms with van der Waals surface area (Å²) >= 11 is 0. The summed E-state index contributed by atoms with van der Waals surface area (Å²) in [7, 11) is 0. The van der Waals surface area contributed by atoms with Gasteiger partial charge in [-0.15, -0.1) is 0 Å². The van der Waals surface area contributed by atoms with E-state index in [2.05, 4.69) is 0 Å². The Kier molecular flexibility index (Phi) is 5.69. The van der Waals surface area contributed by atoms with Crippen LogP contribution in [0.3, 0.4) is 0 Å². The summed E-state index contributed by atoms with van der Waals surface area (Å²) in [5.41, 5.74) is 0.460. The number of benzene rings is 1. The summed E-state index contributed by atoms with van der Waals surface area (Å²) in [4.78, 5) is 24.3. The molecule has 0 aromatic heterocycles. The van der Waals surface area contributed by atoms with Gasteiger partial charge >= 0.3 is 18.2 Å². The van der Waals surface area contributed by atoms with Crippen molar-refractivity contribution in [3.05, 3.63) is 35.9 Å². The average molecular weight is 344 g/mol. The van der Waals surface area contributed by atoms with Gasteiger partial charge in [0.25, 0.3) is 0 Å². The number of piperidine rings is 1. The maximum absolute atomic E-state index is 13.2. The van der Waals surface area contributed by atoms with Crippen LogP contribution in [-0.2, 0) is 11.2 Å². The van der Waals surface area contributed by atoms with E-state index in [0.29, 0.717) is 18.4 Å². The largest absolute Gasteiger partial charge is 0.481 e. The van der Waals surface area contributed by atoms with E-state index in [1.807, 2.05) is 5.32 Å². The Labute approximate surface area is 137 Å². The molecule has 1 heterocycles. The fraction of sp³-hybridized carbons (Fsp3) is 0.500. The van der Waals surface area contributed by atoms with E-state index >= 15 is 0 Å². The number of urea groups is 1. The van der Waals surface area contributed by atoms with E-state index in [9.17, 15) is 22.8 Å². The van der Waals surface area contributed by atoms with Crippen molar-refractivity contribution in [1.29, 1.82) is 0 Å². The molecule has 0 saturated carbocycles. The summed E-state index contributed by atoms with van der Waals surface area (Å²) in [5, 5.41) is 11.0.